The van der Waals surface area contributed by atoms with Gasteiger partial charge in [-0.25, -0.2) is 14.8 Å². The van der Waals surface area contributed by atoms with Gasteiger partial charge < -0.3 is 15.2 Å². The van der Waals surface area contributed by atoms with Crippen molar-refractivity contribution >= 4 is 23.3 Å². The average molecular weight is 308 g/mol. The Morgan fingerprint density at radius 3 is 2.90 bits per heavy atom. The summed E-state index contributed by atoms with van der Waals surface area (Å²) in [6.45, 7) is 4.89. The molecular weight excluding hydrogens is 292 g/mol. The lowest BCUT2D eigenvalue weighted by atomic mass is 10.4. The van der Waals surface area contributed by atoms with E-state index in [2.05, 4.69) is 20.3 Å². The lowest BCUT2D eigenvalue weighted by molar-refractivity contribution is 0.0691. The van der Waals surface area contributed by atoms with Crippen molar-refractivity contribution in [3.8, 4) is 5.88 Å². The molecule has 8 heteroatoms. The molecule has 0 aliphatic heterocycles. The van der Waals surface area contributed by atoms with E-state index in [1.54, 1.807) is 6.07 Å². The minimum Gasteiger partial charge on any atom is -0.478 e. The fourth-order valence-corrected chi connectivity index (χ4v) is 2.42. The van der Waals surface area contributed by atoms with Gasteiger partial charge in [0.25, 0.3) is 0 Å². The van der Waals surface area contributed by atoms with E-state index in [1.165, 1.54) is 16.7 Å². The van der Waals surface area contributed by atoms with Gasteiger partial charge in [-0.05, 0) is 13.8 Å². The van der Waals surface area contributed by atoms with Gasteiger partial charge in [-0.15, -0.1) is 11.3 Å². The van der Waals surface area contributed by atoms with E-state index in [9.17, 15) is 4.79 Å². The summed E-state index contributed by atoms with van der Waals surface area (Å²) in [4.78, 5) is 23.3. The Morgan fingerprint density at radius 2 is 2.24 bits per heavy atom. The molecule has 0 spiro atoms. The third-order valence-electron chi connectivity index (χ3n) is 2.52. The Bertz CT molecular complexity index is 630. The van der Waals surface area contributed by atoms with Crippen LogP contribution in [0.4, 0.5) is 5.95 Å². The van der Waals surface area contributed by atoms with Gasteiger partial charge in [-0.1, -0.05) is 0 Å². The number of nitrogens with one attached hydrogen (secondary N) is 1. The van der Waals surface area contributed by atoms with Gasteiger partial charge >= 0.3 is 5.97 Å². The van der Waals surface area contributed by atoms with Crippen LogP contribution in [0.2, 0.25) is 0 Å². The fraction of sp³-hybridized carbons (Fsp3) is 0.385. The Morgan fingerprint density at radius 1 is 1.43 bits per heavy atom. The summed E-state index contributed by atoms with van der Waals surface area (Å²) in [6.07, 6.45) is 0.610. The highest BCUT2D eigenvalue weighted by atomic mass is 32.1. The molecule has 2 aromatic heterocycles. The standard InChI is InChI=1S/C13H16N4O3S/c1-3-20-10-6-8(2)15-13(17-10)14-5-4-11-16-9(7-21-11)12(18)19/h6-7H,3-5H2,1-2H3,(H,18,19)(H,14,15,17). The molecule has 7 nitrogen and oxygen atoms in total. The predicted octanol–water partition coefficient (Wildman–Crippen LogP) is 1.99. The highest BCUT2D eigenvalue weighted by Gasteiger charge is 2.08. The second kappa shape index (κ2) is 6.98. The fourth-order valence-electron chi connectivity index (χ4n) is 1.65. The minimum atomic E-state index is -1.01. The van der Waals surface area contributed by atoms with Crippen molar-refractivity contribution in [2.24, 2.45) is 0 Å². The first kappa shape index (κ1) is 15.2. The maximum atomic E-state index is 10.7. The molecule has 21 heavy (non-hydrogen) atoms. The number of carboxylic acid groups (broad SMARTS) is 1. The van der Waals surface area contributed by atoms with Crippen LogP contribution in [0.5, 0.6) is 5.88 Å². The summed E-state index contributed by atoms with van der Waals surface area (Å²) in [5.41, 5.74) is 0.902. The molecule has 2 rings (SSSR count). The zero-order chi connectivity index (χ0) is 15.2. The molecule has 0 bridgehead atoms. The Balaban J connectivity index is 1.91. The molecule has 112 valence electrons. The van der Waals surface area contributed by atoms with Gasteiger partial charge in [0.05, 0.1) is 11.6 Å². The summed E-state index contributed by atoms with van der Waals surface area (Å²) in [6, 6.07) is 1.77. The Labute approximate surface area is 126 Å². The second-order valence-corrected chi connectivity index (χ2v) is 5.16. The van der Waals surface area contributed by atoms with Crippen LogP contribution < -0.4 is 10.1 Å². The van der Waals surface area contributed by atoms with E-state index in [-0.39, 0.29) is 5.69 Å². The van der Waals surface area contributed by atoms with E-state index < -0.39 is 5.97 Å². The van der Waals surface area contributed by atoms with E-state index in [0.29, 0.717) is 31.4 Å². The van der Waals surface area contributed by atoms with Crippen molar-refractivity contribution in [3.63, 3.8) is 0 Å². The van der Waals surface area contributed by atoms with Crippen molar-refractivity contribution in [2.75, 3.05) is 18.5 Å². The van der Waals surface area contributed by atoms with Crippen LogP contribution in [-0.2, 0) is 6.42 Å². The normalized spacial score (nSPS) is 10.4. The zero-order valence-electron chi connectivity index (χ0n) is 11.8. The number of carboxylic acids is 1. The summed E-state index contributed by atoms with van der Waals surface area (Å²) < 4.78 is 5.35. The zero-order valence-corrected chi connectivity index (χ0v) is 12.6. The van der Waals surface area contributed by atoms with Crippen molar-refractivity contribution in [1.82, 2.24) is 15.0 Å². The van der Waals surface area contributed by atoms with Gasteiger partial charge in [-0.3, -0.25) is 0 Å². The average Bonchev–Trinajstić information content (AvgIpc) is 2.87. The van der Waals surface area contributed by atoms with E-state index >= 15 is 0 Å². The molecule has 0 fully saturated rings. The number of carbonyl (C=O) groups is 1. The largest absolute Gasteiger partial charge is 0.478 e. The summed E-state index contributed by atoms with van der Waals surface area (Å²) in [7, 11) is 0. The molecule has 0 atom stereocenters. The third-order valence-corrected chi connectivity index (χ3v) is 3.42. The highest BCUT2D eigenvalue weighted by Crippen LogP contribution is 2.13. The van der Waals surface area contributed by atoms with Crippen molar-refractivity contribution in [3.05, 3.63) is 27.8 Å². The number of hydrogen-bond acceptors (Lipinski definition) is 7. The quantitative estimate of drug-likeness (QED) is 0.807. The summed E-state index contributed by atoms with van der Waals surface area (Å²) >= 11 is 1.33. The maximum Gasteiger partial charge on any atom is 0.355 e. The Kier molecular flexibility index (Phi) is 5.04. The van der Waals surface area contributed by atoms with Gasteiger partial charge in [0.2, 0.25) is 11.8 Å². The monoisotopic (exact) mass is 308 g/mol. The van der Waals surface area contributed by atoms with E-state index in [1.807, 2.05) is 13.8 Å². The van der Waals surface area contributed by atoms with Gasteiger partial charge in [0, 0.05) is 30.1 Å². The lowest BCUT2D eigenvalue weighted by Crippen LogP contribution is -2.09. The second-order valence-electron chi connectivity index (χ2n) is 4.21. The number of nitrogens with zero attached hydrogens (tertiary/aromatic N) is 3. The van der Waals surface area contributed by atoms with Crippen LogP contribution in [0.1, 0.15) is 28.1 Å². The van der Waals surface area contributed by atoms with Crippen LogP contribution in [0.25, 0.3) is 0 Å². The van der Waals surface area contributed by atoms with Crippen LogP contribution in [0.3, 0.4) is 0 Å². The number of hydrogen-bond donors (Lipinski definition) is 2. The van der Waals surface area contributed by atoms with Crippen LogP contribution in [-0.4, -0.2) is 39.2 Å². The van der Waals surface area contributed by atoms with Gasteiger partial charge in [0.15, 0.2) is 5.69 Å². The summed E-state index contributed by atoms with van der Waals surface area (Å²) in [5, 5.41) is 14.2. The van der Waals surface area contributed by atoms with Crippen molar-refractivity contribution in [1.29, 1.82) is 0 Å². The number of aryl methyl sites for hydroxylation is 1. The smallest absolute Gasteiger partial charge is 0.355 e. The third kappa shape index (κ3) is 4.38. The number of rotatable bonds is 7. The summed E-state index contributed by atoms with van der Waals surface area (Å²) in [5.74, 6) is 0.0252. The minimum absolute atomic E-state index is 0.0837. The number of ether oxygens (including phenoxy) is 1. The first-order valence-electron chi connectivity index (χ1n) is 6.48. The van der Waals surface area contributed by atoms with Crippen LogP contribution in [0, 0.1) is 6.92 Å². The molecule has 0 saturated carbocycles. The molecule has 0 saturated heterocycles. The first-order valence-corrected chi connectivity index (χ1v) is 7.36. The first-order chi connectivity index (χ1) is 10.1. The molecule has 0 aliphatic rings. The molecule has 0 unspecified atom stereocenters. The molecule has 2 N–H and O–H groups in total. The number of anilines is 1. The molecule has 0 radical (unpaired) electrons. The van der Waals surface area contributed by atoms with Crippen molar-refractivity contribution in [2.45, 2.75) is 20.3 Å². The SMILES string of the molecule is CCOc1cc(C)nc(NCCc2nc(C(=O)O)cs2)n1. The maximum absolute atomic E-state index is 10.7. The van der Waals surface area contributed by atoms with Gasteiger partial charge in [-0.2, -0.15) is 4.98 Å². The molecule has 2 heterocycles. The molecular formula is C13H16N4O3S. The highest BCUT2D eigenvalue weighted by molar-refractivity contribution is 7.09. The number of thiazole rings is 1. The molecule has 0 aromatic carbocycles. The van der Waals surface area contributed by atoms with Crippen LogP contribution >= 0.6 is 11.3 Å². The van der Waals surface area contributed by atoms with E-state index in [0.717, 1.165) is 10.7 Å². The Hall–Kier alpha value is -2.22. The number of aromatic carboxylic acids is 1. The lowest BCUT2D eigenvalue weighted by Gasteiger charge is -2.07. The van der Waals surface area contributed by atoms with Crippen molar-refractivity contribution < 1.29 is 14.6 Å². The topological polar surface area (TPSA) is 97.2 Å². The van der Waals surface area contributed by atoms with Crippen LogP contribution in [0.15, 0.2) is 11.4 Å². The molecule has 2 aromatic rings. The van der Waals surface area contributed by atoms with E-state index in [4.69, 9.17) is 9.84 Å². The van der Waals surface area contributed by atoms with Gasteiger partial charge in [0.1, 0.15) is 0 Å². The molecule has 0 aliphatic carbocycles. The number of aromatic nitrogens is 3. The predicted molar refractivity (Wildman–Crippen MR) is 79.2 cm³/mol. The molecule has 0 amide bonds.